The van der Waals surface area contributed by atoms with Crippen LogP contribution in [0.15, 0.2) is 60.7 Å². The number of anilines is 1. The molecular formula is C29H35N3O5. The fraction of sp³-hybridized carbons (Fsp3) is 0.483. The van der Waals surface area contributed by atoms with E-state index in [-0.39, 0.29) is 24.3 Å². The maximum Gasteiger partial charge on any atom is 0.245 e. The lowest BCUT2D eigenvalue weighted by molar-refractivity contribution is -0.145. The Bertz CT molecular complexity index is 1130. The van der Waals surface area contributed by atoms with E-state index < -0.39 is 35.6 Å². The number of hydrogen-bond donors (Lipinski definition) is 3. The minimum Gasteiger partial charge on any atom is -0.394 e. The number of aliphatic hydroxyl groups excluding tert-OH is 1. The van der Waals surface area contributed by atoms with Crippen molar-refractivity contribution in [3.8, 4) is 0 Å². The summed E-state index contributed by atoms with van der Waals surface area (Å²) < 4.78 is 6.48. The van der Waals surface area contributed by atoms with Crippen LogP contribution in [-0.4, -0.2) is 58.6 Å². The predicted octanol–water partition coefficient (Wildman–Crippen LogP) is 3.04. The van der Waals surface area contributed by atoms with Crippen LogP contribution >= 0.6 is 0 Å². The van der Waals surface area contributed by atoms with E-state index in [2.05, 4.69) is 17.6 Å². The van der Waals surface area contributed by atoms with Gasteiger partial charge in [-0.1, -0.05) is 68.3 Å². The zero-order chi connectivity index (χ0) is 26.0. The number of carbonyl (C=O) groups is 3. The number of unbranched alkanes of at least 4 members (excludes halogenated alkanes) is 2. The lowest BCUT2D eigenvalue weighted by atomic mass is 9.70. The summed E-state index contributed by atoms with van der Waals surface area (Å²) in [5, 5.41) is 16.4. The van der Waals surface area contributed by atoms with E-state index in [4.69, 9.17) is 4.74 Å². The van der Waals surface area contributed by atoms with Gasteiger partial charge in [-0.2, -0.15) is 0 Å². The van der Waals surface area contributed by atoms with E-state index >= 15 is 0 Å². The van der Waals surface area contributed by atoms with Crippen LogP contribution < -0.4 is 10.6 Å². The lowest BCUT2D eigenvalue weighted by Gasteiger charge is -2.36. The van der Waals surface area contributed by atoms with Crippen LogP contribution in [0.2, 0.25) is 0 Å². The van der Waals surface area contributed by atoms with Crippen molar-refractivity contribution in [3.63, 3.8) is 0 Å². The third-order valence-electron chi connectivity index (χ3n) is 8.10. The molecule has 2 bridgehead atoms. The van der Waals surface area contributed by atoms with E-state index in [1.807, 2.05) is 48.5 Å². The molecule has 0 aromatic heterocycles. The van der Waals surface area contributed by atoms with Gasteiger partial charge in [-0.25, -0.2) is 0 Å². The quantitative estimate of drug-likeness (QED) is 0.430. The molecule has 3 aliphatic rings. The van der Waals surface area contributed by atoms with Crippen molar-refractivity contribution in [2.45, 2.75) is 62.8 Å². The first-order chi connectivity index (χ1) is 18.0. The first-order valence-electron chi connectivity index (χ1n) is 13.3. The first-order valence-corrected chi connectivity index (χ1v) is 13.3. The number of para-hydroxylation sites is 1. The van der Waals surface area contributed by atoms with E-state index in [9.17, 15) is 19.5 Å². The average molecular weight is 506 g/mol. The van der Waals surface area contributed by atoms with Crippen molar-refractivity contribution in [1.82, 2.24) is 10.2 Å². The number of nitrogens with one attached hydrogen (secondary N) is 2. The van der Waals surface area contributed by atoms with Crippen LogP contribution in [0.4, 0.5) is 5.69 Å². The van der Waals surface area contributed by atoms with Gasteiger partial charge in [0.25, 0.3) is 0 Å². The number of fused-ring (bicyclic) bond motifs is 1. The van der Waals surface area contributed by atoms with Crippen molar-refractivity contribution in [1.29, 1.82) is 0 Å². The van der Waals surface area contributed by atoms with Gasteiger partial charge in [0.05, 0.1) is 30.6 Å². The summed E-state index contributed by atoms with van der Waals surface area (Å²) in [4.78, 5) is 42.9. The van der Waals surface area contributed by atoms with Crippen LogP contribution in [0.3, 0.4) is 0 Å². The fourth-order valence-electron chi connectivity index (χ4n) is 6.49. The highest BCUT2D eigenvalue weighted by molar-refractivity contribution is 6.02. The molecule has 0 radical (unpaired) electrons. The number of aliphatic hydroxyl groups is 1. The maximum absolute atomic E-state index is 14.2. The number of nitrogens with zero attached hydrogens (tertiary/aromatic N) is 1. The van der Waals surface area contributed by atoms with E-state index in [0.29, 0.717) is 25.1 Å². The van der Waals surface area contributed by atoms with Crippen molar-refractivity contribution in [2.24, 2.45) is 11.8 Å². The summed E-state index contributed by atoms with van der Waals surface area (Å²) in [5.41, 5.74) is 0.282. The molecule has 1 spiro atoms. The van der Waals surface area contributed by atoms with Crippen LogP contribution in [0.25, 0.3) is 0 Å². The van der Waals surface area contributed by atoms with Crippen molar-refractivity contribution in [3.05, 3.63) is 66.2 Å². The van der Waals surface area contributed by atoms with Crippen molar-refractivity contribution < 1.29 is 24.2 Å². The number of amides is 3. The topological polar surface area (TPSA) is 108 Å². The molecule has 3 heterocycles. The van der Waals surface area contributed by atoms with Crippen LogP contribution in [0, 0.1) is 11.8 Å². The molecule has 8 heteroatoms. The number of rotatable bonds is 10. The SMILES string of the molecule is CCCCCNC(=O)C1N([C@H](CO)c2ccccc2)C(=O)[C@@H]2[C@H](C(=O)Nc3ccccc3)[C@@H]3CCC12O3. The molecule has 0 aliphatic carbocycles. The van der Waals surface area contributed by atoms with Crippen molar-refractivity contribution >= 4 is 23.4 Å². The third-order valence-corrected chi connectivity index (χ3v) is 8.10. The van der Waals surface area contributed by atoms with E-state index in [1.165, 1.54) is 4.90 Å². The molecule has 3 saturated heterocycles. The van der Waals surface area contributed by atoms with Crippen LogP contribution in [0.5, 0.6) is 0 Å². The molecule has 2 aromatic carbocycles. The van der Waals surface area contributed by atoms with Gasteiger partial charge in [0, 0.05) is 12.2 Å². The Morgan fingerprint density at radius 2 is 1.78 bits per heavy atom. The zero-order valence-corrected chi connectivity index (χ0v) is 21.1. The van der Waals surface area contributed by atoms with E-state index in [1.54, 1.807) is 12.1 Å². The van der Waals surface area contributed by atoms with E-state index in [0.717, 1.165) is 24.8 Å². The molecule has 8 nitrogen and oxygen atoms in total. The minimum atomic E-state index is -1.10. The molecule has 3 N–H and O–H groups in total. The summed E-state index contributed by atoms with van der Waals surface area (Å²) in [6, 6.07) is 16.7. The average Bonchev–Trinajstić information content (AvgIpc) is 3.56. The first kappa shape index (κ1) is 25.4. The molecule has 37 heavy (non-hydrogen) atoms. The summed E-state index contributed by atoms with van der Waals surface area (Å²) in [7, 11) is 0. The van der Waals surface area contributed by atoms with Crippen LogP contribution in [-0.2, 0) is 19.1 Å². The normalized spacial score (nSPS) is 28.7. The second-order valence-corrected chi connectivity index (χ2v) is 10.3. The third kappa shape index (κ3) is 4.42. The molecule has 6 atom stereocenters. The molecule has 2 unspecified atom stereocenters. The van der Waals surface area contributed by atoms with Crippen LogP contribution in [0.1, 0.15) is 50.6 Å². The summed E-state index contributed by atoms with van der Waals surface area (Å²) >= 11 is 0. The standard InChI is InChI=1S/C29H35N3O5/c1-2-3-10-17-30-27(35)25-29-16-15-22(37-29)23(26(34)31-20-13-8-5-9-14-20)24(29)28(36)32(25)21(18-33)19-11-6-4-7-12-19/h4-9,11-14,21-25,33H,2-3,10,15-18H2,1H3,(H,30,35)(H,31,34)/t21-,22+,23-,24+,25?,29?/m1/s1. The number of benzene rings is 2. The highest BCUT2D eigenvalue weighted by Crippen LogP contribution is 2.59. The Kier molecular flexibility index (Phi) is 7.31. The zero-order valence-electron chi connectivity index (χ0n) is 21.1. The van der Waals surface area contributed by atoms with Gasteiger partial charge in [-0.05, 0) is 37.0 Å². The molecule has 3 aliphatic heterocycles. The Hall–Kier alpha value is -3.23. The summed E-state index contributed by atoms with van der Waals surface area (Å²) in [6.07, 6.45) is 3.54. The second-order valence-electron chi connectivity index (χ2n) is 10.3. The maximum atomic E-state index is 14.2. The van der Waals surface area contributed by atoms with Crippen molar-refractivity contribution in [2.75, 3.05) is 18.5 Å². The Morgan fingerprint density at radius 1 is 1.08 bits per heavy atom. The Morgan fingerprint density at radius 3 is 2.46 bits per heavy atom. The van der Waals surface area contributed by atoms with Gasteiger partial charge in [-0.15, -0.1) is 0 Å². The van der Waals surface area contributed by atoms with Gasteiger partial charge in [0.15, 0.2) is 0 Å². The molecule has 3 amide bonds. The lowest BCUT2D eigenvalue weighted by Crippen LogP contribution is -2.56. The minimum absolute atomic E-state index is 0.277. The molecule has 3 fully saturated rings. The smallest absolute Gasteiger partial charge is 0.245 e. The van der Waals surface area contributed by atoms with Gasteiger partial charge < -0.3 is 25.4 Å². The number of hydrogen-bond acceptors (Lipinski definition) is 5. The highest BCUT2D eigenvalue weighted by Gasteiger charge is 2.75. The highest BCUT2D eigenvalue weighted by atomic mass is 16.5. The monoisotopic (exact) mass is 505 g/mol. The molecule has 196 valence electrons. The molecular weight excluding hydrogens is 470 g/mol. The Balaban J connectivity index is 1.50. The number of likely N-dealkylation sites (tertiary alicyclic amines) is 1. The van der Waals surface area contributed by atoms with Gasteiger partial charge in [0.2, 0.25) is 17.7 Å². The number of carbonyl (C=O) groups excluding carboxylic acids is 3. The largest absolute Gasteiger partial charge is 0.394 e. The van der Waals surface area contributed by atoms with Gasteiger partial charge in [-0.3, -0.25) is 14.4 Å². The predicted molar refractivity (Wildman–Crippen MR) is 138 cm³/mol. The number of ether oxygens (including phenoxy) is 1. The molecule has 0 saturated carbocycles. The Labute approximate surface area is 217 Å². The second kappa shape index (κ2) is 10.6. The van der Waals surface area contributed by atoms with Gasteiger partial charge in [0.1, 0.15) is 11.6 Å². The summed E-state index contributed by atoms with van der Waals surface area (Å²) in [5.74, 6) is -2.38. The summed E-state index contributed by atoms with van der Waals surface area (Å²) in [6.45, 7) is 2.25. The van der Waals surface area contributed by atoms with Gasteiger partial charge >= 0.3 is 0 Å². The molecule has 2 aromatic rings. The fourth-order valence-corrected chi connectivity index (χ4v) is 6.49. The molecule has 5 rings (SSSR count).